The van der Waals surface area contributed by atoms with Crippen molar-refractivity contribution in [2.24, 2.45) is 0 Å². The zero-order valence-corrected chi connectivity index (χ0v) is 22.7. The Morgan fingerprint density at radius 1 is 0.974 bits per heavy atom. The predicted molar refractivity (Wildman–Crippen MR) is 153 cm³/mol. The molecule has 8 heteroatoms. The molecule has 0 aliphatic carbocycles. The number of aromatic nitrogens is 4. The molecule has 198 valence electrons. The van der Waals surface area contributed by atoms with Crippen molar-refractivity contribution in [3.8, 4) is 22.5 Å². The lowest BCUT2D eigenvalue weighted by Crippen LogP contribution is -2.30. The highest BCUT2D eigenvalue weighted by atomic mass is 35.5. The number of aromatic amines is 1. The molecule has 0 atom stereocenters. The highest BCUT2D eigenvalue weighted by Crippen LogP contribution is 2.31. The van der Waals surface area contributed by atoms with Crippen LogP contribution in [-0.2, 0) is 19.4 Å². The van der Waals surface area contributed by atoms with Crippen LogP contribution in [0.15, 0.2) is 86.9 Å². The molecular weight excluding hydrogens is 512 g/mol. The first-order chi connectivity index (χ1) is 18.9. The van der Waals surface area contributed by atoms with Crippen molar-refractivity contribution in [2.45, 2.75) is 46.1 Å². The topological polar surface area (TPSA) is 93.8 Å². The second-order valence-electron chi connectivity index (χ2n) is 9.54. The third kappa shape index (κ3) is 5.78. The molecule has 0 saturated heterocycles. The van der Waals surface area contributed by atoms with E-state index in [4.69, 9.17) is 21.1 Å². The highest BCUT2D eigenvalue weighted by Gasteiger charge is 2.18. The highest BCUT2D eigenvalue weighted by molar-refractivity contribution is 6.31. The summed E-state index contributed by atoms with van der Waals surface area (Å²) in [5, 5.41) is 4.56. The van der Waals surface area contributed by atoms with Crippen LogP contribution in [0.3, 0.4) is 0 Å². The second-order valence-corrected chi connectivity index (χ2v) is 9.94. The van der Waals surface area contributed by atoms with Gasteiger partial charge in [-0.05, 0) is 54.2 Å². The van der Waals surface area contributed by atoms with Gasteiger partial charge < -0.3 is 0 Å². The van der Waals surface area contributed by atoms with E-state index in [2.05, 4.69) is 17.1 Å². The number of H-pyrrole nitrogens is 1. The summed E-state index contributed by atoms with van der Waals surface area (Å²) < 4.78 is 6.51. The van der Waals surface area contributed by atoms with Gasteiger partial charge in [0.05, 0.1) is 12.2 Å². The van der Waals surface area contributed by atoms with Crippen LogP contribution in [0.4, 0.5) is 0 Å². The first-order valence-corrected chi connectivity index (χ1v) is 13.4. The molecule has 1 N–H and O–H groups in total. The predicted octanol–water partition coefficient (Wildman–Crippen LogP) is 6.20. The van der Waals surface area contributed by atoms with Gasteiger partial charge >= 0.3 is 5.76 Å². The van der Waals surface area contributed by atoms with Gasteiger partial charge in [0.2, 0.25) is 0 Å². The molecule has 0 spiro atoms. The summed E-state index contributed by atoms with van der Waals surface area (Å²) in [5.41, 5.74) is 5.76. The summed E-state index contributed by atoms with van der Waals surface area (Å²) in [6.07, 6.45) is 3.04. The Kier molecular flexibility index (Phi) is 7.89. The van der Waals surface area contributed by atoms with Crippen molar-refractivity contribution < 1.29 is 4.52 Å². The number of rotatable bonds is 9. The molecule has 0 amide bonds. The maximum Gasteiger partial charge on any atom is 0.439 e. The first-order valence-electron chi connectivity index (χ1n) is 13.0. The van der Waals surface area contributed by atoms with E-state index in [-0.39, 0.29) is 5.56 Å². The quantitative estimate of drug-likeness (QED) is 0.240. The van der Waals surface area contributed by atoms with Crippen LogP contribution >= 0.6 is 11.6 Å². The molecule has 39 heavy (non-hydrogen) atoms. The Balaban J connectivity index is 1.60. The molecule has 0 radical (unpaired) electrons. The number of hydrogen-bond acceptors (Lipinski definition) is 5. The van der Waals surface area contributed by atoms with E-state index in [1.54, 1.807) is 4.57 Å². The molecule has 5 aromatic rings. The van der Waals surface area contributed by atoms with E-state index in [9.17, 15) is 9.59 Å². The van der Waals surface area contributed by atoms with Crippen molar-refractivity contribution in [2.75, 3.05) is 0 Å². The van der Waals surface area contributed by atoms with Gasteiger partial charge in [-0.25, -0.2) is 9.78 Å². The fourth-order valence-electron chi connectivity index (χ4n) is 4.79. The smallest absolute Gasteiger partial charge is 0.296 e. The number of aryl methyl sites for hydroxylation is 2. The van der Waals surface area contributed by atoms with Crippen LogP contribution in [0.25, 0.3) is 22.5 Å². The molecule has 2 heterocycles. The Morgan fingerprint density at radius 3 is 2.46 bits per heavy atom. The fourth-order valence-corrected chi connectivity index (χ4v) is 4.98. The van der Waals surface area contributed by atoms with E-state index in [1.807, 2.05) is 79.7 Å². The summed E-state index contributed by atoms with van der Waals surface area (Å²) >= 11 is 6.42. The third-order valence-electron chi connectivity index (χ3n) is 6.84. The molecule has 7 nitrogen and oxygen atoms in total. The first kappa shape index (κ1) is 26.4. The monoisotopic (exact) mass is 540 g/mol. The minimum absolute atomic E-state index is 0.0722. The molecule has 0 fully saturated rings. The number of halogens is 1. The summed E-state index contributed by atoms with van der Waals surface area (Å²) in [5.74, 6) is 0.376. The van der Waals surface area contributed by atoms with Gasteiger partial charge in [0.15, 0.2) is 5.82 Å². The summed E-state index contributed by atoms with van der Waals surface area (Å²) in [7, 11) is 0. The summed E-state index contributed by atoms with van der Waals surface area (Å²) in [4.78, 5) is 33.3. The lowest BCUT2D eigenvalue weighted by Gasteiger charge is -2.17. The molecule has 2 aromatic heterocycles. The van der Waals surface area contributed by atoms with Gasteiger partial charge in [-0.3, -0.25) is 18.9 Å². The average molecular weight is 541 g/mol. The van der Waals surface area contributed by atoms with Gasteiger partial charge in [0.1, 0.15) is 5.82 Å². The summed E-state index contributed by atoms with van der Waals surface area (Å²) in [6, 6.07) is 23.3. The van der Waals surface area contributed by atoms with Crippen LogP contribution < -0.4 is 11.3 Å². The summed E-state index contributed by atoms with van der Waals surface area (Å²) in [6.45, 7) is 4.33. The Bertz CT molecular complexity index is 1720. The van der Waals surface area contributed by atoms with Crippen molar-refractivity contribution in [1.82, 2.24) is 19.7 Å². The lowest BCUT2D eigenvalue weighted by atomic mass is 9.94. The molecule has 3 aromatic carbocycles. The minimum Gasteiger partial charge on any atom is -0.296 e. The number of nitrogens with one attached hydrogen (secondary N) is 1. The zero-order chi connectivity index (χ0) is 27.4. The maximum absolute atomic E-state index is 13.9. The van der Waals surface area contributed by atoms with Gasteiger partial charge in [-0.2, -0.15) is 0 Å². The number of unbranched alkanes of at least 4 members (excludes halogenated alkanes) is 1. The van der Waals surface area contributed by atoms with E-state index in [0.29, 0.717) is 35.2 Å². The molecule has 0 bridgehead atoms. The zero-order valence-electron chi connectivity index (χ0n) is 21.9. The number of benzene rings is 3. The second kappa shape index (κ2) is 11.7. The van der Waals surface area contributed by atoms with Crippen LogP contribution in [0, 0.1) is 6.92 Å². The van der Waals surface area contributed by atoms with Gasteiger partial charge in [0, 0.05) is 22.6 Å². The minimum atomic E-state index is -0.624. The van der Waals surface area contributed by atoms with Crippen molar-refractivity contribution in [1.29, 1.82) is 0 Å². The fraction of sp³-hybridized carbons (Fsp3) is 0.226. The van der Waals surface area contributed by atoms with E-state index < -0.39 is 5.76 Å². The SMILES string of the molecule is CCCCc1nc(C)n(Cc2ccccc2Cl)c(=O)c1Cc1ccc(-c2ccccc2)c(-c2noc(=O)[nH]2)c1. The van der Waals surface area contributed by atoms with Gasteiger partial charge in [0.25, 0.3) is 5.56 Å². The lowest BCUT2D eigenvalue weighted by molar-refractivity contribution is 0.388. The van der Waals surface area contributed by atoms with Crippen molar-refractivity contribution >= 4 is 11.6 Å². The van der Waals surface area contributed by atoms with Crippen LogP contribution in [0.2, 0.25) is 5.02 Å². The van der Waals surface area contributed by atoms with Crippen LogP contribution in [0.1, 0.15) is 48.0 Å². The average Bonchev–Trinajstić information content (AvgIpc) is 3.39. The molecular formula is C31H29ClN4O3. The number of hydrogen-bond donors (Lipinski definition) is 1. The Labute approximate surface area is 231 Å². The molecule has 0 unspecified atom stereocenters. The van der Waals surface area contributed by atoms with Gasteiger partial charge in [-0.1, -0.05) is 90.8 Å². The Morgan fingerprint density at radius 2 is 1.74 bits per heavy atom. The van der Waals surface area contributed by atoms with E-state index in [0.717, 1.165) is 52.8 Å². The standard InChI is InChI=1S/C31H29ClN4O3/c1-3-4-14-28-26(30(37)36(20(2)33-28)19-23-12-8-9-13-27(23)32)18-21-15-16-24(22-10-6-5-7-11-22)25(17-21)29-34-31(38)39-35-29/h5-13,15-17H,3-4,14,18-19H2,1-2H3,(H,34,35,38). The largest absolute Gasteiger partial charge is 0.439 e. The van der Waals surface area contributed by atoms with E-state index in [1.165, 1.54) is 0 Å². The third-order valence-corrected chi connectivity index (χ3v) is 7.21. The number of nitrogens with zero attached hydrogens (tertiary/aromatic N) is 3. The molecule has 0 saturated carbocycles. The van der Waals surface area contributed by atoms with Crippen molar-refractivity contribution in [3.63, 3.8) is 0 Å². The van der Waals surface area contributed by atoms with Crippen molar-refractivity contribution in [3.05, 3.63) is 127 Å². The Hall–Kier alpha value is -4.23. The molecule has 0 aliphatic rings. The van der Waals surface area contributed by atoms with E-state index >= 15 is 0 Å². The normalized spacial score (nSPS) is 11.2. The van der Waals surface area contributed by atoms with Gasteiger partial charge in [-0.15, -0.1) is 0 Å². The van der Waals surface area contributed by atoms with Crippen LogP contribution in [0.5, 0.6) is 0 Å². The molecule has 5 rings (SSSR count). The van der Waals surface area contributed by atoms with Crippen LogP contribution in [-0.4, -0.2) is 19.7 Å². The molecule has 0 aliphatic heterocycles. The maximum atomic E-state index is 13.9.